The molecule has 0 aromatic heterocycles. The predicted molar refractivity (Wildman–Crippen MR) is 54.2 cm³/mol. The van der Waals surface area contributed by atoms with Crippen molar-refractivity contribution in [3.05, 3.63) is 0 Å². The number of oxime groups is 1. The van der Waals surface area contributed by atoms with Crippen molar-refractivity contribution in [2.75, 3.05) is 13.1 Å². The molecule has 0 radical (unpaired) electrons. The molecule has 2 aliphatic heterocycles. The quantitative estimate of drug-likeness (QED) is 0.690. The minimum absolute atomic E-state index is 0.109. The van der Waals surface area contributed by atoms with E-state index in [2.05, 4.69) is 10.5 Å². The minimum Gasteiger partial charge on any atom is -0.476 e. The van der Waals surface area contributed by atoms with E-state index in [4.69, 9.17) is 9.57 Å². The average Bonchev–Trinajstić information content (AvgIpc) is 2.49. The van der Waals surface area contributed by atoms with Gasteiger partial charge in [-0.05, 0) is 33.2 Å². The van der Waals surface area contributed by atoms with E-state index in [1.165, 1.54) is 0 Å². The van der Waals surface area contributed by atoms with E-state index in [0.717, 1.165) is 38.2 Å². The summed E-state index contributed by atoms with van der Waals surface area (Å²) in [6, 6.07) is 0. The topological polar surface area (TPSA) is 42.9 Å². The lowest BCUT2D eigenvalue weighted by Crippen LogP contribution is -2.45. The monoisotopic (exact) mass is 198 g/mol. The van der Waals surface area contributed by atoms with Crippen LogP contribution in [0.15, 0.2) is 5.16 Å². The zero-order valence-corrected chi connectivity index (χ0v) is 8.88. The standard InChI is InChI=1S/C10H18N2O2/c1-8(2)13-9-6-10(14-12-9)4-3-5-11-7-10/h8,11H,3-7H2,1-2H3. The van der Waals surface area contributed by atoms with Crippen LogP contribution in [0.4, 0.5) is 0 Å². The molecule has 2 aliphatic rings. The molecule has 0 aliphatic carbocycles. The van der Waals surface area contributed by atoms with Crippen LogP contribution in [0.25, 0.3) is 0 Å². The van der Waals surface area contributed by atoms with Crippen molar-refractivity contribution in [2.45, 2.75) is 44.8 Å². The maximum absolute atomic E-state index is 5.54. The van der Waals surface area contributed by atoms with Gasteiger partial charge in [0.25, 0.3) is 0 Å². The highest BCUT2D eigenvalue weighted by Gasteiger charge is 2.41. The second kappa shape index (κ2) is 3.77. The number of hydrogen-bond acceptors (Lipinski definition) is 4. The molecule has 0 aromatic rings. The van der Waals surface area contributed by atoms with Crippen LogP contribution >= 0.6 is 0 Å². The van der Waals surface area contributed by atoms with E-state index in [1.54, 1.807) is 0 Å². The van der Waals surface area contributed by atoms with Crippen LogP contribution in [0.2, 0.25) is 0 Å². The van der Waals surface area contributed by atoms with E-state index in [0.29, 0.717) is 0 Å². The van der Waals surface area contributed by atoms with Crippen molar-refractivity contribution in [3.8, 4) is 0 Å². The Hall–Kier alpha value is -0.770. The fraction of sp³-hybridized carbons (Fsp3) is 0.900. The summed E-state index contributed by atoms with van der Waals surface area (Å²) in [5, 5.41) is 7.34. The van der Waals surface area contributed by atoms with Crippen LogP contribution in [0, 0.1) is 0 Å². The molecule has 1 atom stereocenters. The van der Waals surface area contributed by atoms with E-state index in [-0.39, 0.29) is 11.7 Å². The lowest BCUT2D eigenvalue weighted by Gasteiger charge is -2.30. The van der Waals surface area contributed by atoms with Gasteiger partial charge in [-0.25, -0.2) is 0 Å². The average molecular weight is 198 g/mol. The maximum atomic E-state index is 5.54. The molecule has 2 heterocycles. The van der Waals surface area contributed by atoms with Gasteiger partial charge in [0.05, 0.1) is 12.5 Å². The van der Waals surface area contributed by atoms with Crippen LogP contribution in [-0.2, 0) is 9.57 Å². The third-order valence-electron chi connectivity index (χ3n) is 2.62. The Morgan fingerprint density at radius 3 is 3.07 bits per heavy atom. The summed E-state index contributed by atoms with van der Waals surface area (Å²) in [6.45, 7) is 5.99. The van der Waals surface area contributed by atoms with Gasteiger partial charge in [-0.1, -0.05) is 5.16 Å². The first-order valence-corrected chi connectivity index (χ1v) is 5.33. The summed E-state index contributed by atoms with van der Waals surface area (Å²) in [5.74, 6) is 0.753. The highest BCUT2D eigenvalue weighted by Crippen LogP contribution is 2.30. The van der Waals surface area contributed by atoms with Crippen LogP contribution in [0.3, 0.4) is 0 Å². The van der Waals surface area contributed by atoms with Crippen LogP contribution in [-0.4, -0.2) is 30.7 Å². The van der Waals surface area contributed by atoms with Gasteiger partial charge in [0.2, 0.25) is 5.90 Å². The smallest absolute Gasteiger partial charge is 0.230 e. The minimum atomic E-state index is -0.109. The van der Waals surface area contributed by atoms with Gasteiger partial charge in [0.1, 0.15) is 0 Å². The molecule has 1 fully saturated rings. The van der Waals surface area contributed by atoms with Crippen molar-refractivity contribution in [1.82, 2.24) is 5.32 Å². The van der Waals surface area contributed by atoms with E-state index >= 15 is 0 Å². The summed E-state index contributed by atoms with van der Waals surface area (Å²) >= 11 is 0. The molecule has 2 rings (SSSR count). The molecule has 14 heavy (non-hydrogen) atoms. The Morgan fingerprint density at radius 2 is 2.43 bits per heavy atom. The van der Waals surface area contributed by atoms with Crippen molar-refractivity contribution < 1.29 is 9.57 Å². The second-order valence-corrected chi connectivity index (χ2v) is 4.38. The van der Waals surface area contributed by atoms with E-state index in [9.17, 15) is 0 Å². The van der Waals surface area contributed by atoms with Crippen molar-refractivity contribution >= 4 is 5.90 Å². The number of ether oxygens (including phenoxy) is 1. The lowest BCUT2D eigenvalue weighted by molar-refractivity contribution is -0.0347. The van der Waals surface area contributed by atoms with Gasteiger partial charge < -0.3 is 14.9 Å². The molecule has 0 amide bonds. The summed E-state index contributed by atoms with van der Waals surface area (Å²) in [6.07, 6.45) is 3.24. The Morgan fingerprint density at radius 1 is 1.57 bits per heavy atom. The molecule has 1 N–H and O–H groups in total. The van der Waals surface area contributed by atoms with Gasteiger partial charge in [-0.15, -0.1) is 0 Å². The van der Waals surface area contributed by atoms with Gasteiger partial charge >= 0.3 is 0 Å². The van der Waals surface area contributed by atoms with E-state index in [1.807, 2.05) is 13.8 Å². The van der Waals surface area contributed by atoms with Crippen LogP contribution in [0.5, 0.6) is 0 Å². The number of nitrogens with one attached hydrogen (secondary N) is 1. The number of rotatable bonds is 1. The number of hydrogen-bond donors (Lipinski definition) is 1. The summed E-state index contributed by atoms with van der Waals surface area (Å²) in [4.78, 5) is 5.50. The Bertz CT molecular complexity index is 232. The summed E-state index contributed by atoms with van der Waals surface area (Å²) in [7, 11) is 0. The molecule has 1 spiro atoms. The molecular formula is C10H18N2O2. The van der Waals surface area contributed by atoms with Gasteiger partial charge in [-0.2, -0.15) is 0 Å². The van der Waals surface area contributed by atoms with Gasteiger partial charge in [0, 0.05) is 6.54 Å². The molecule has 4 nitrogen and oxygen atoms in total. The first kappa shape index (κ1) is 9.77. The molecule has 0 aromatic carbocycles. The normalized spacial score (nSPS) is 31.8. The van der Waals surface area contributed by atoms with Crippen molar-refractivity contribution in [1.29, 1.82) is 0 Å². The highest BCUT2D eigenvalue weighted by molar-refractivity contribution is 5.78. The Kier molecular flexibility index (Phi) is 2.63. The number of piperidine rings is 1. The zero-order valence-electron chi connectivity index (χ0n) is 8.88. The first-order valence-electron chi connectivity index (χ1n) is 5.33. The van der Waals surface area contributed by atoms with Crippen molar-refractivity contribution in [2.24, 2.45) is 5.16 Å². The number of nitrogens with zero attached hydrogens (tertiary/aromatic N) is 1. The predicted octanol–water partition coefficient (Wildman–Crippen LogP) is 1.27. The molecular weight excluding hydrogens is 180 g/mol. The Labute approximate surface area is 84.6 Å². The lowest BCUT2D eigenvalue weighted by atomic mass is 9.91. The molecule has 1 saturated heterocycles. The molecule has 80 valence electrons. The Balaban J connectivity index is 1.90. The third-order valence-corrected chi connectivity index (χ3v) is 2.62. The summed E-state index contributed by atoms with van der Waals surface area (Å²) < 4.78 is 5.54. The van der Waals surface area contributed by atoms with Crippen molar-refractivity contribution in [3.63, 3.8) is 0 Å². The largest absolute Gasteiger partial charge is 0.476 e. The van der Waals surface area contributed by atoms with Gasteiger partial charge in [-0.3, -0.25) is 0 Å². The molecule has 0 bridgehead atoms. The first-order chi connectivity index (χ1) is 6.70. The maximum Gasteiger partial charge on any atom is 0.230 e. The highest BCUT2D eigenvalue weighted by atomic mass is 16.7. The fourth-order valence-electron chi connectivity index (χ4n) is 1.99. The zero-order chi connectivity index (χ0) is 10.0. The third kappa shape index (κ3) is 2.00. The van der Waals surface area contributed by atoms with Crippen LogP contribution < -0.4 is 5.32 Å². The SMILES string of the molecule is CC(C)OC1=NOC2(CCCNC2)C1. The summed E-state index contributed by atoms with van der Waals surface area (Å²) in [5.41, 5.74) is -0.109. The van der Waals surface area contributed by atoms with E-state index < -0.39 is 0 Å². The van der Waals surface area contributed by atoms with Gasteiger partial charge in [0.15, 0.2) is 5.60 Å². The van der Waals surface area contributed by atoms with Crippen LogP contribution in [0.1, 0.15) is 33.1 Å². The second-order valence-electron chi connectivity index (χ2n) is 4.38. The molecule has 4 heteroatoms. The molecule has 1 unspecified atom stereocenters. The molecule has 0 saturated carbocycles. The fourth-order valence-corrected chi connectivity index (χ4v) is 1.99.